The van der Waals surface area contributed by atoms with Crippen LogP contribution >= 0.6 is 12.2 Å². The highest BCUT2D eigenvalue weighted by molar-refractivity contribution is 7.71. The minimum absolute atomic E-state index is 0.00832. The molecule has 2 aromatic carbocycles. The molecular formula is C20H18FN3O3S. The number of nitrogens with zero attached hydrogens (tertiary/aromatic N) is 1. The molecule has 1 saturated heterocycles. The van der Waals surface area contributed by atoms with Gasteiger partial charge in [0.2, 0.25) is 0 Å². The molecule has 1 fully saturated rings. The second-order valence-corrected chi connectivity index (χ2v) is 7.09. The highest BCUT2D eigenvalue weighted by atomic mass is 32.1. The number of anilines is 1. The Morgan fingerprint density at radius 1 is 1.29 bits per heavy atom. The smallest absolute Gasteiger partial charge is 0.262 e. The molecule has 0 saturated carbocycles. The number of aromatic amines is 1. The van der Waals surface area contributed by atoms with Gasteiger partial charge in [0.25, 0.3) is 11.5 Å². The van der Waals surface area contributed by atoms with Crippen LogP contribution < -0.4 is 10.9 Å². The molecular weight excluding hydrogens is 381 g/mol. The van der Waals surface area contributed by atoms with Crippen LogP contribution in [0, 0.1) is 10.6 Å². The van der Waals surface area contributed by atoms with E-state index in [0.717, 1.165) is 12.8 Å². The van der Waals surface area contributed by atoms with Crippen LogP contribution in [0.3, 0.4) is 0 Å². The van der Waals surface area contributed by atoms with Crippen molar-refractivity contribution in [3.05, 3.63) is 69.0 Å². The first-order valence-corrected chi connectivity index (χ1v) is 9.37. The van der Waals surface area contributed by atoms with E-state index < -0.39 is 0 Å². The van der Waals surface area contributed by atoms with Gasteiger partial charge in [-0.05, 0) is 67.5 Å². The Hall–Kier alpha value is -2.84. The highest BCUT2D eigenvalue weighted by Crippen LogP contribution is 2.16. The largest absolute Gasteiger partial charge is 0.376 e. The van der Waals surface area contributed by atoms with Crippen LogP contribution in [0.15, 0.2) is 47.3 Å². The topological polar surface area (TPSA) is 76.1 Å². The summed E-state index contributed by atoms with van der Waals surface area (Å²) in [5, 5.41) is 3.14. The molecule has 1 amide bonds. The summed E-state index contributed by atoms with van der Waals surface area (Å²) in [5.74, 6) is -0.744. The minimum atomic E-state index is -0.379. The van der Waals surface area contributed by atoms with Crippen molar-refractivity contribution in [1.29, 1.82) is 0 Å². The Morgan fingerprint density at radius 3 is 2.79 bits per heavy atom. The zero-order chi connectivity index (χ0) is 19.7. The van der Waals surface area contributed by atoms with E-state index in [-0.39, 0.29) is 23.4 Å². The maximum atomic E-state index is 13.0. The van der Waals surface area contributed by atoms with E-state index >= 15 is 0 Å². The Morgan fingerprint density at radius 2 is 2.07 bits per heavy atom. The second-order valence-electron chi connectivity index (χ2n) is 6.70. The van der Waals surface area contributed by atoms with E-state index in [1.165, 1.54) is 28.8 Å². The quantitative estimate of drug-likeness (QED) is 0.657. The van der Waals surface area contributed by atoms with Gasteiger partial charge in [0.1, 0.15) is 5.82 Å². The number of benzene rings is 2. The first-order valence-electron chi connectivity index (χ1n) is 8.97. The molecule has 0 unspecified atom stereocenters. The van der Waals surface area contributed by atoms with Gasteiger partial charge >= 0.3 is 0 Å². The Kier molecular flexibility index (Phi) is 5.06. The van der Waals surface area contributed by atoms with Gasteiger partial charge in [-0.1, -0.05) is 0 Å². The molecule has 1 aliphatic heterocycles. The Balaban J connectivity index is 1.63. The van der Waals surface area contributed by atoms with Crippen molar-refractivity contribution in [2.24, 2.45) is 0 Å². The molecule has 0 aliphatic carbocycles. The number of rotatable bonds is 4. The van der Waals surface area contributed by atoms with Gasteiger partial charge in [-0.15, -0.1) is 0 Å². The molecule has 0 spiro atoms. The third-order valence-electron chi connectivity index (χ3n) is 4.76. The van der Waals surface area contributed by atoms with Crippen LogP contribution in [0.4, 0.5) is 10.1 Å². The standard InChI is InChI=1S/C20H18FN3O3S/c21-13-4-6-14(7-5-13)22-18(25)12-3-8-16-17(10-12)23-20(28)24(19(16)26)11-15-2-1-9-27-15/h3-8,10,15H,1-2,9,11H2,(H,22,25)(H,23,28)/t15-/m0/s1. The zero-order valence-corrected chi connectivity index (χ0v) is 15.7. The van der Waals surface area contributed by atoms with E-state index in [1.807, 2.05) is 0 Å². The third-order valence-corrected chi connectivity index (χ3v) is 5.08. The number of halogens is 1. The zero-order valence-electron chi connectivity index (χ0n) is 14.9. The van der Waals surface area contributed by atoms with Gasteiger partial charge in [0.15, 0.2) is 4.77 Å². The third kappa shape index (κ3) is 3.74. The fourth-order valence-corrected chi connectivity index (χ4v) is 3.56. The first kappa shape index (κ1) is 18.5. The van der Waals surface area contributed by atoms with Crippen LogP contribution in [0.5, 0.6) is 0 Å². The van der Waals surface area contributed by atoms with Gasteiger partial charge in [-0.25, -0.2) is 4.39 Å². The highest BCUT2D eigenvalue weighted by Gasteiger charge is 2.18. The lowest BCUT2D eigenvalue weighted by molar-refractivity contribution is 0.0957. The molecule has 1 aromatic heterocycles. The molecule has 144 valence electrons. The van der Waals surface area contributed by atoms with Crippen LogP contribution in [0.25, 0.3) is 10.9 Å². The Bertz CT molecular complexity index is 1150. The van der Waals surface area contributed by atoms with Crippen molar-refractivity contribution in [3.8, 4) is 0 Å². The van der Waals surface area contributed by atoms with Gasteiger partial charge < -0.3 is 15.0 Å². The van der Waals surface area contributed by atoms with E-state index in [4.69, 9.17) is 17.0 Å². The molecule has 2 heterocycles. The number of ether oxygens (including phenoxy) is 1. The average molecular weight is 399 g/mol. The molecule has 4 rings (SSSR count). The minimum Gasteiger partial charge on any atom is -0.376 e. The first-order chi connectivity index (χ1) is 13.5. The number of carbonyl (C=O) groups is 1. The summed E-state index contributed by atoms with van der Waals surface area (Å²) in [4.78, 5) is 28.3. The number of nitrogens with one attached hydrogen (secondary N) is 2. The number of aromatic nitrogens is 2. The van der Waals surface area contributed by atoms with Crippen LogP contribution in [0.1, 0.15) is 23.2 Å². The van der Waals surface area contributed by atoms with Gasteiger partial charge in [-0.2, -0.15) is 0 Å². The average Bonchev–Trinajstić information content (AvgIpc) is 3.20. The molecule has 1 aliphatic rings. The van der Waals surface area contributed by atoms with Crippen LogP contribution in [0.2, 0.25) is 0 Å². The molecule has 0 radical (unpaired) electrons. The lowest BCUT2D eigenvalue weighted by Gasteiger charge is -2.13. The molecule has 2 N–H and O–H groups in total. The van der Waals surface area contributed by atoms with Crippen molar-refractivity contribution in [3.63, 3.8) is 0 Å². The predicted molar refractivity (Wildman–Crippen MR) is 107 cm³/mol. The normalized spacial score (nSPS) is 16.4. The fourth-order valence-electron chi connectivity index (χ4n) is 3.29. The number of H-pyrrole nitrogens is 1. The van der Waals surface area contributed by atoms with Crippen molar-refractivity contribution >= 4 is 34.7 Å². The van der Waals surface area contributed by atoms with Gasteiger partial charge in [-0.3, -0.25) is 14.2 Å². The van der Waals surface area contributed by atoms with Gasteiger partial charge in [0.05, 0.1) is 23.6 Å². The molecule has 0 bridgehead atoms. The Labute approximate surface area is 165 Å². The monoisotopic (exact) mass is 399 g/mol. The number of hydrogen-bond donors (Lipinski definition) is 2. The van der Waals surface area contributed by atoms with E-state index in [1.54, 1.807) is 18.2 Å². The van der Waals surface area contributed by atoms with Crippen molar-refractivity contribution in [2.75, 3.05) is 11.9 Å². The van der Waals surface area contributed by atoms with Crippen LogP contribution in [-0.4, -0.2) is 28.2 Å². The number of hydrogen-bond acceptors (Lipinski definition) is 4. The molecule has 3 aromatic rings. The maximum absolute atomic E-state index is 13.0. The molecule has 8 heteroatoms. The SMILES string of the molecule is O=C(Nc1ccc(F)cc1)c1ccc2c(=O)n(C[C@@H]3CCCO3)c(=S)[nH]c2c1. The van der Waals surface area contributed by atoms with Crippen molar-refractivity contribution in [1.82, 2.24) is 9.55 Å². The van der Waals surface area contributed by atoms with E-state index in [0.29, 0.717) is 40.1 Å². The number of carbonyl (C=O) groups excluding carboxylic acids is 1. The summed E-state index contributed by atoms with van der Waals surface area (Å²) in [7, 11) is 0. The fraction of sp³-hybridized carbons (Fsp3) is 0.250. The predicted octanol–water partition coefficient (Wildman–Crippen LogP) is 3.63. The van der Waals surface area contributed by atoms with Crippen LogP contribution in [-0.2, 0) is 11.3 Å². The summed E-state index contributed by atoms with van der Waals surface area (Å²) >= 11 is 5.34. The summed E-state index contributed by atoms with van der Waals surface area (Å²) in [6.07, 6.45) is 1.88. The summed E-state index contributed by atoms with van der Waals surface area (Å²) in [6, 6.07) is 10.3. The maximum Gasteiger partial charge on any atom is 0.262 e. The molecule has 28 heavy (non-hydrogen) atoms. The van der Waals surface area contributed by atoms with Crippen molar-refractivity contribution < 1.29 is 13.9 Å². The second kappa shape index (κ2) is 7.65. The van der Waals surface area contributed by atoms with Gasteiger partial charge in [0, 0.05) is 17.9 Å². The summed E-state index contributed by atoms with van der Waals surface area (Å²) in [6.45, 7) is 1.12. The summed E-state index contributed by atoms with van der Waals surface area (Å²) < 4.78 is 20.4. The lowest BCUT2D eigenvalue weighted by atomic mass is 10.1. The molecule has 6 nitrogen and oxygen atoms in total. The molecule has 1 atom stereocenters. The van der Waals surface area contributed by atoms with Crippen molar-refractivity contribution in [2.45, 2.75) is 25.5 Å². The summed E-state index contributed by atoms with van der Waals surface area (Å²) in [5.41, 5.74) is 1.12. The lowest BCUT2D eigenvalue weighted by Crippen LogP contribution is -2.28. The van der Waals surface area contributed by atoms with E-state index in [9.17, 15) is 14.0 Å². The number of amides is 1. The van der Waals surface area contributed by atoms with E-state index in [2.05, 4.69) is 10.3 Å². The number of fused-ring (bicyclic) bond motifs is 1.